The Bertz CT molecular complexity index is 676. The maximum Gasteiger partial charge on any atom is 0.116 e. The van der Waals surface area contributed by atoms with Crippen molar-refractivity contribution in [2.75, 3.05) is 0 Å². The van der Waals surface area contributed by atoms with Gasteiger partial charge in [0.2, 0.25) is 0 Å². The van der Waals surface area contributed by atoms with E-state index in [0.29, 0.717) is 0 Å². The first-order valence-corrected chi connectivity index (χ1v) is 6.27. The highest BCUT2D eigenvalue weighted by Crippen LogP contribution is 2.33. The SMILES string of the molecule is Cc1cccc(-c2ccncn2)c1-c1ccccc1. The highest BCUT2D eigenvalue weighted by molar-refractivity contribution is 5.84. The number of rotatable bonds is 2. The average molecular weight is 246 g/mol. The molecule has 19 heavy (non-hydrogen) atoms. The third-order valence-electron chi connectivity index (χ3n) is 3.19. The summed E-state index contributed by atoms with van der Waals surface area (Å²) in [4.78, 5) is 8.35. The van der Waals surface area contributed by atoms with Crippen molar-refractivity contribution in [1.29, 1.82) is 0 Å². The van der Waals surface area contributed by atoms with Crippen LogP contribution in [0.15, 0.2) is 67.1 Å². The van der Waals surface area contributed by atoms with Gasteiger partial charge in [-0.2, -0.15) is 0 Å². The Morgan fingerprint density at radius 2 is 1.68 bits per heavy atom. The number of aryl methyl sites for hydroxylation is 1. The molecule has 92 valence electrons. The van der Waals surface area contributed by atoms with Crippen LogP contribution in [0.25, 0.3) is 22.4 Å². The van der Waals surface area contributed by atoms with Gasteiger partial charge in [0.15, 0.2) is 0 Å². The summed E-state index contributed by atoms with van der Waals surface area (Å²) in [6.07, 6.45) is 3.37. The molecule has 2 heteroatoms. The lowest BCUT2D eigenvalue weighted by Crippen LogP contribution is -1.91. The lowest BCUT2D eigenvalue weighted by molar-refractivity contribution is 1.17. The van der Waals surface area contributed by atoms with Crippen molar-refractivity contribution < 1.29 is 0 Å². The van der Waals surface area contributed by atoms with Gasteiger partial charge in [0.1, 0.15) is 6.33 Å². The number of hydrogen-bond acceptors (Lipinski definition) is 2. The standard InChI is InChI=1S/C17H14N2/c1-13-6-5-9-15(16-10-11-18-12-19-16)17(13)14-7-3-2-4-8-14/h2-12H,1H3. The van der Waals surface area contributed by atoms with E-state index < -0.39 is 0 Å². The molecule has 0 aliphatic rings. The fraction of sp³-hybridized carbons (Fsp3) is 0.0588. The fourth-order valence-electron chi connectivity index (χ4n) is 2.32. The first kappa shape index (κ1) is 11.6. The van der Waals surface area contributed by atoms with Crippen molar-refractivity contribution in [2.24, 2.45) is 0 Å². The Morgan fingerprint density at radius 3 is 2.42 bits per heavy atom. The molecule has 0 bridgehead atoms. The molecule has 0 fully saturated rings. The molecule has 0 aliphatic carbocycles. The van der Waals surface area contributed by atoms with Gasteiger partial charge in [-0.1, -0.05) is 48.5 Å². The van der Waals surface area contributed by atoms with Crippen molar-refractivity contribution in [2.45, 2.75) is 6.92 Å². The van der Waals surface area contributed by atoms with E-state index in [1.54, 1.807) is 12.5 Å². The van der Waals surface area contributed by atoms with Gasteiger partial charge in [0, 0.05) is 11.8 Å². The molecule has 1 heterocycles. The van der Waals surface area contributed by atoms with Crippen LogP contribution >= 0.6 is 0 Å². The summed E-state index contributed by atoms with van der Waals surface area (Å²) in [5, 5.41) is 0. The zero-order chi connectivity index (χ0) is 13.1. The van der Waals surface area contributed by atoms with Crippen molar-refractivity contribution >= 4 is 0 Å². The van der Waals surface area contributed by atoms with Crippen LogP contribution in [0.4, 0.5) is 0 Å². The molecule has 0 radical (unpaired) electrons. The number of benzene rings is 2. The molecule has 0 amide bonds. The van der Waals surface area contributed by atoms with Crippen molar-refractivity contribution in [3.63, 3.8) is 0 Å². The second-order valence-electron chi connectivity index (χ2n) is 4.46. The van der Waals surface area contributed by atoms with Crippen LogP contribution in [0.3, 0.4) is 0 Å². The number of aromatic nitrogens is 2. The summed E-state index contributed by atoms with van der Waals surface area (Å²) in [5.41, 5.74) is 5.81. The number of nitrogens with zero attached hydrogens (tertiary/aromatic N) is 2. The Hall–Kier alpha value is -2.48. The van der Waals surface area contributed by atoms with Gasteiger partial charge in [-0.15, -0.1) is 0 Å². The van der Waals surface area contributed by atoms with E-state index in [1.807, 2.05) is 12.1 Å². The maximum atomic E-state index is 4.37. The summed E-state index contributed by atoms with van der Waals surface area (Å²) in [6.45, 7) is 2.13. The lowest BCUT2D eigenvalue weighted by atomic mass is 9.93. The third kappa shape index (κ3) is 2.25. The second kappa shape index (κ2) is 5.02. The maximum absolute atomic E-state index is 4.37. The minimum absolute atomic E-state index is 0.956. The largest absolute Gasteiger partial charge is 0.245 e. The predicted molar refractivity (Wildman–Crippen MR) is 77.6 cm³/mol. The fourth-order valence-corrected chi connectivity index (χ4v) is 2.32. The van der Waals surface area contributed by atoms with Gasteiger partial charge < -0.3 is 0 Å². The first-order chi connectivity index (χ1) is 9.36. The van der Waals surface area contributed by atoms with E-state index in [9.17, 15) is 0 Å². The monoisotopic (exact) mass is 246 g/mol. The third-order valence-corrected chi connectivity index (χ3v) is 3.19. The highest BCUT2D eigenvalue weighted by Gasteiger charge is 2.10. The van der Waals surface area contributed by atoms with Gasteiger partial charge in [-0.3, -0.25) is 0 Å². The molecule has 2 aromatic carbocycles. The molecule has 2 nitrogen and oxygen atoms in total. The molecule has 0 aliphatic heterocycles. The van der Waals surface area contributed by atoms with Crippen molar-refractivity contribution in [1.82, 2.24) is 9.97 Å². The van der Waals surface area contributed by atoms with Crippen LogP contribution in [0, 0.1) is 6.92 Å². The summed E-state index contributed by atoms with van der Waals surface area (Å²) in [6, 6.07) is 18.7. The molecule has 3 aromatic rings. The summed E-state index contributed by atoms with van der Waals surface area (Å²) in [7, 11) is 0. The Labute approximate surface area is 112 Å². The van der Waals surface area contributed by atoms with E-state index in [4.69, 9.17) is 0 Å². The first-order valence-electron chi connectivity index (χ1n) is 6.27. The van der Waals surface area contributed by atoms with Crippen LogP contribution in [0.1, 0.15) is 5.56 Å². The van der Waals surface area contributed by atoms with Crippen LogP contribution in [-0.2, 0) is 0 Å². The molecule has 1 aromatic heterocycles. The molecule has 0 saturated carbocycles. The summed E-state index contributed by atoms with van der Waals surface area (Å²) >= 11 is 0. The zero-order valence-electron chi connectivity index (χ0n) is 10.7. The molecule has 0 N–H and O–H groups in total. The molecule has 0 atom stereocenters. The summed E-state index contributed by atoms with van der Waals surface area (Å²) in [5.74, 6) is 0. The summed E-state index contributed by atoms with van der Waals surface area (Å²) < 4.78 is 0. The highest BCUT2D eigenvalue weighted by atomic mass is 14.8. The minimum atomic E-state index is 0.956. The van der Waals surface area contributed by atoms with Crippen LogP contribution < -0.4 is 0 Å². The normalized spacial score (nSPS) is 10.4. The quantitative estimate of drug-likeness (QED) is 0.679. The second-order valence-corrected chi connectivity index (χ2v) is 4.46. The van der Waals surface area contributed by atoms with E-state index in [1.165, 1.54) is 16.7 Å². The van der Waals surface area contributed by atoms with E-state index in [2.05, 4.69) is 59.4 Å². The van der Waals surface area contributed by atoms with E-state index >= 15 is 0 Å². The van der Waals surface area contributed by atoms with E-state index in [-0.39, 0.29) is 0 Å². The molecule has 3 rings (SSSR count). The topological polar surface area (TPSA) is 25.8 Å². The van der Waals surface area contributed by atoms with Gasteiger partial charge in [-0.05, 0) is 29.7 Å². The Morgan fingerprint density at radius 1 is 0.842 bits per heavy atom. The minimum Gasteiger partial charge on any atom is -0.245 e. The van der Waals surface area contributed by atoms with Crippen molar-refractivity contribution in [3.05, 3.63) is 72.7 Å². The number of hydrogen-bond donors (Lipinski definition) is 0. The van der Waals surface area contributed by atoms with Gasteiger partial charge in [0.25, 0.3) is 0 Å². The van der Waals surface area contributed by atoms with Gasteiger partial charge in [-0.25, -0.2) is 9.97 Å². The lowest BCUT2D eigenvalue weighted by Gasteiger charge is -2.12. The molecule has 0 unspecified atom stereocenters. The van der Waals surface area contributed by atoms with Crippen LogP contribution in [-0.4, -0.2) is 9.97 Å². The molecule has 0 spiro atoms. The van der Waals surface area contributed by atoms with Crippen LogP contribution in [0.2, 0.25) is 0 Å². The van der Waals surface area contributed by atoms with Crippen molar-refractivity contribution in [3.8, 4) is 22.4 Å². The van der Waals surface area contributed by atoms with Gasteiger partial charge in [0.05, 0.1) is 5.69 Å². The molecule has 0 saturated heterocycles. The predicted octanol–water partition coefficient (Wildman–Crippen LogP) is 4.12. The zero-order valence-corrected chi connectivity index (χ0v) is 10.7. The smallest absolute Gasteiger partial charge is 0.116 e. The Kier molecular flexibility index (Phi) is 3.07. The molecular weight excluding hydrogens is 232 g/mol. The van der Waals surface area contributed by atoms with Crippen LogP contribution in [0.5, 0.6) is 0 Å². The molecular formula is C17H14N2. The Balaban J connectivity index is 2.25. The van der Waals surface area contributed by atoms with E-state index in [0.717, 1.165) is 11.3 Å². The average Bonchev–Trinajstić information content (AvgIpc) is 2.49. The van der Waals surface area contributed by atoms with Gasteiger partial charge >= 0.3 is 0 Å².